The van der Waals surface area contributed by atoms with Crippen molar-refractivity contribution in [1.29, 1.82) is 0 Å². The molecule has 0 fully saturated rings. The van der Waals surface area contributed by atoms with Crippen LogP contribution in [-0.2, 0) is 19.4 Å². The molecule has 0 aliphatic carbocycles. The molecule has 6 heteroatoms. The van der Waals surface area contributed by atoms with Gasteiger partial charge in [0.05, 0.1) is 11.5 Å². The molecule has 1 aliphatic heterocycles. The third-order valence-corrected chi connectivity index (χ3v) is 4.54. The Labute approximate surface area is 93.0 Å². The molecule has 0 spiro atoms. The van der Waals surface area contributed by atoms with Gasteiger partial charge in [-0.2, -0.15) is 0 Å². The summed E-state index contributed by atoms with van der Waals surface area (Å²) >= 11 is 0.857. The minimum Gasteiger partial charge on any atom is -0.294 e. The van der Waals surface area contributed by atoms with Crippen molar-refractivity contribution in [1.82, 2.24) is 0 Å². The van der Waals surface area contributed by atoms with Crippen molar-refractivity contribution < 1.29 is 18.0 Å². The second kappa shape index (κ2) is 4.49. The smallest absolute Gasteiger partial charge is 0.190 e. The molecule has 1 heterocycles. The molecule has 0 aromatic carbocycles. The summed E-state index contributed by atoms with van der Waals surface area (Å²) in [6.45, 7) is 3.03. The summed E-state index contributed by atoms with van der Waals surface area (Å²) < 4.78 is 22.7. The van der Waals surface area contributed by atoms with Crippen molar-refractivity contribution in [2.45, 2.75) is 20.3 Å². The lowest BCUT2D eigenvalue weighted by Gasteiger charge is -2.00. The van der Waals surface area contributed by atoms with Crippen LogP contribution in [0.1, 0.15) is 20.3 Å². The lowest BCUT2D eigenvalue weighted by atomic mass is 10.1. The molecule has 0 aromatic rings. The van der Waals surface area contributed by atoms with Crippen molar-refractivity contribution >= 4 is 32.5 Å². The highest BCUT2D eigenvalue weighted by atomic mass is 32.2. The van der Waals surface area contributed by atoms with Crippen molar-refractivity contribution in [3.63, 3.8) is 0 Å². The molecule has 0 atom stereocenters. The fourth-order valence-electron chi connectivity index (χ4n) is 1.35. The van der Waals surface area contributed by atoms with Crippen molar-refractivity contribution in [3.8, 4) is 0 Å². The van der Waals surface area contributed by atoms with Crippen LogP contribution in [0.25, 0.3) is 0 Å². The lowest BCUT2D eigenvalue weighted by Crippen LogP contribution is -2.07. The molecule has 0 radical (unpaired) electrons. The average molecular weight is 248 g/mol. The third-order valence-electron chi connectivity index (χ3n) is 1.98. The Morgan fingerprint density at radius 1 is 1.33 bits per heavy atom. The average Bonchev–Trinajstić information content (AvgIpc) is 2.38. The number of hydrogen-bond donors (Lipinski definition) is 0. The van der Waals surface area contributed by atoms with Crippen LogP contribution in [0.2, 0.25) is 0 Å². The molecule has 84 valence electrons. The number of hydrogen-bond acceptors (Lipinski definition) is 5. The SMILES string of the molecule is CCC(=O)C1=C(SC(C)=O)CS(=O)(=O)C1. The van der Waals surface area contributed by atoms with Crippen molar-refractivity contribution in [2.24, 2.45) is 0 Å². The summed E-state index contributed by atoms with van der Waals surface area (Å²) in [6, 6.07) is 0. The Morgan fingerprint density at radius 3 is 2.40 bits per heavy atom. The van der Waals surface area contributed by atoms with Gasteiger partial charge in [0.25, 0.3) is 0 Å². The van der Waals surface area contributed by atoms with E-state index in [4.69, 9.17) is 0 Å². The molecule has 0 unspecified atom stereocenters. The van der Waals surface area contributed by atoms with E-state index in [1.165, 1.54) is 6.92 Å². The van der Waals surface area contributed by atoms with E-state index in [-0.39, 0.29) is 28.8 Å². The van der Waals surface area contributed by atoms with Gasteiger partial charge in [-0.1, -0.05) is 18.7 Å². The van der Waals surface area contributed by atoms with E-state index in [1.807, 2.05) is 0 Å². The van der Waals surface area contributed by atoms with Gasteiger partial charge < -0.3 is 0 Å². The Balaban J connectivity index is 3.02. The Morgan fingerprint density at radius 2 is 1.93 bits per heavy atom. The van der Waals surface area contributed by atoms with E-state index in [0.717, 1.165) is 11.8 Å². The zero-order valence-corrected chi connectivity index (χ0v) is 10.2. The molecule has 0 saturated carbocycles. The topological polar surface area (TPSA) is 68.3 Å². The molecular formula is C9H12O4S2. The zero-order chi connectivity index (χ0) is 11.6. The fourth-order valence-corrected chi connectivity index (χ4v) is 4.32. The monoisotopic (exact) mass is 248 g/mol. The van der Waals surface area contributed by atoms with Gasteiger partial charge >= 0.3 is 0 Å². The number of sulfone groups is 1. The zero-order valence-electron chi connectivity index (χ0n) is 8.57. The quantitative estimate of drug-likeness (QED) is 0.743. The molecule has 0 aromatic heterocycles. The summed E-state index contributed by atoms with van der Waals surface area (Å²) in [5, 5.41) is -0.191. The van der Waals surface area contributed by atoms with Crippen LogP contribution in [0.15, 0.2) is 10.5 Å². The number of thioether (sulfide) groups is 1. The normalized spacial score (nSPS) is 19.3. The van der Waals surface area contributed by atoms with Gasteiger partial charge in [0.2, 0.25) is 0 Å². The number of carbonyl (C=O) groups is 2. The van der Waals surface area contributed by atoms with E-state index < -0.39 is 9.84 Å². The maximum atomic E-state index is 11.4. The van der Waals surface area contributed by atoms with E-state index in [0.29, 0.717) is 10.5 Å². The first-order chi connectivity index (χ1) is 6.85. The van der Waals surface area contributed by atoms with Gasteiger partial charge in [0, 0.05) is 23.8 Å². The fraction of sp³-hybridized carbons (Fsp3) is 0.556. The van der Waals surface area contributed by atoms with E-state index in [2.05, 4.69) is 0 Å². The van der Waals surface area contributed by atoms with Gasteiger partial charge in [-0.05, 0) is 0 Å². The molecule has 1 aliphatic rings. The summed E-state index contributed by atoms with van der Waals surface area (Å²) in [7, 11) is -3.21. The van der Waals surface area contributed by atoms with Crippen LogP contribution in [0, 0.1) is 0 Å². The second-order valence-corrected chi connectivity index (χ2v) is 6.64. The summed E-state index contributed by atoms with van der Waals surface area (Å²) in [6.07, 6.45) is 0.271. The number of carbonyl (C=O) groups excluding carboxylic acids is 2. The molecule has 0 saturated heterocycles. The van der Waals surface area contributed by atoms with Crippen LogP contribution in [0.5, 0.6) is 0 Å². The van der Waals surface area contributed by atoms with Gasteiger partial charge in [-0.3, -0.25) is 9.59 Å². The molecule has 4 nitrogen and oxygen atoms in total. The molecular weight excluding hydrogens is 236 g/mol. The lowest BCUT2D eigenvalue weighted by molar-refractivity contribution is -0.115. The van der Waals surface area contributed by atoms with E-state index in [1.54, 1.807) is 6.92 Å². The van der Waals surface area contributed by atoms with Crippen LogP contribution in [0.4, 0.5) is 0 Å². The van der Waals surface area contributed by atoms with Gasteiger partial charge in [0.15, 0.2) is 20.7 Å². The third kappa shape index (κ3) is 3.17. The molecule has 15 heavy (non-hydrogen) atoms. The highest BCUT2D eigenvalue weighted by Crippen LogP contribution is 2.30. The van der Waals surface area contributed by atoms with Gasteiger partial charge in [0.1, 0.15) is 0 Å². The minimum absolute atomic E-state index is 0.168. The summed E-state index contributed by atoms with van der Waals surface area (Å²) in [5.74, 6) is -0.562. The van der Waals surface area contributed by atoms with Crippen LogP contribution >= 0.6 is 11.8 Å². The number of Topliss-reactive ketones (excluding diaryl/α,β-unsaturated/α-hetero) is 1. The Hall–Kier alpha value is -0.620. The van der Waals surface area contributed by atoms with E-state index in [9.17, 15) is 18.0 Å². The number of rotatable bonds is 3. The summed E-state index contributed by atoms with van der Waals surface area (Å²) in [5.41, 5.74) is 0.303. The molecule has 0 N–H and O–H groups in total. The van der Waals surface area contributed by atoms with Gasteiger partial charge in [-0.25, -0.2) is 8.42 Å². The maximum Gasteiger partial charge on any atom is 0.190 e. The van der Waals surface area contributed by atoms with Crippen molar-refractivity contribution in [2.75, 3.05) is 11.5 Å². The second-order valence-electron chi connectivity index (χ2n) is 3.30. The number of ketones is 1. The Bertz CT molecular complexity index is 431. The molecule has 0 bridgehead atoms. The predicted octanol–water partition coefficient (Wildman–Crippen LogP) is 0.928. The largest absolute Gasteiger partial charge is 0.294 e. The first kappa shape index (κ1) is 12.4. The van der Waals surface area contributed by atoms with Crippen molar-refractivity contribution in [3.05, 3.63) is 10.5 Å². The first-order valence-corrected chi connectivity index (χ1v) is 7.13. The molecule has 1 rings (SSSR count). The van der Waals surface area contributed by atoms with Crippen LogP contribution in [-0.4, -0.2) is 30.8 Å². The van der Waals surface area contributed by atoms with Crippen LogP contribution < -0.4 is 0 Å². The first-order valence-electron chi connectivity index (χ1n) is 4.49. The van der Waals surface area contributed by atoms with E-state index >= 15 is 0 Å². The Kier molecular flexibility index (Phi) is 3.72. The highest BCUT2D eigenvalue weighted by molar-refractivity contribution is 8.17. The van der Waals surface area contributed by atoms with Gasteiger partial charge in [-0.15, -0.1) is 0 Å². The minimum atomic E-state index is -3.21. The van der Waals surface area contributed by atoms with Crippen LogP contribution in [0.3, 0.4) is 0 Å². The predicted molar refractivity (Wildman–Crippen MR) is 59.2 cm³/mol. The maximum absolute atomic E-state index is 11.4. The standard InChI is InChI=1S/C9H12O4S2/c1-3-8(11)7-4-15(12,13)5-9(7)14-6(2)10/h3-5H2,1-2H3. The summed E-state index contributed by atoms with van der Waals surface area (Å²) in [4.78, 5) is 22.7. The highest BCUT2D eigenvalue weighted by Gasteiger charge is 2.31. The molecule has 0 amide bonds.